The van der Waals surface area contributed by atoms with Gasteiger partial charge in [0.15, 0.2) is 6.10 Å². The highest BCUT2D eigenvalue weighted by atomic mass is 32.2. The normalized spacial score (nSPS) is 43.6. The Kier molecular flexibility index (Phi) is 4.11. The van der Waals surface area contributed by atoms with Crippen LogP contribution in [0.2, 0.25) is 0 Å². The molecule has 0 aliphatic carbocycles. The monoisotopic (exact) mass is 273 g/mol. The van der Waals surface area contributed by atoms with Gasteiger partial charge in [0.2, 0.25) is 10.0 Å². The third-order valence-corrected chi connectivity index (χ3v) is 2.96. The molecule has 102 valence electrons. The largest absolute Gasteiger partial charge is 0.394 e. The highest BCUT2D eigenvalue weighted by Crippen LogP contribution is 2.26. The minimum Gasteiger partial charge on any atom is -0.394 e. The van der Waals surface area contributed by atoms with E-state index in [0.29, 0.717) is 6.26 Å². The van der Waals surface area contributed by atoms with E-state index in [2.05, 4.69) is 4.74 Å². The molecular weight excluding hydrogens is 258 g/mol. The zero-order chi connectivity index (χ0) is 13.4. The minimum absolute atomic E-state index is 0.701. The number of aliphatic hydroxyl groups is 5. The van der Waals surface area contributed by atoms with Gasteiger partial charge in [-0.15, -0.1) is 0 Å². The topological polar surface area (TPSA) is 157 Å². The SMILES string of the molecule is CS(=O)(=O)NC1(O)OC(CO)C(O)C(O)C1O. The number of nitrogens with one attached hydrogen (secondary N) is 1. The molecule has 9 nitrogen and oxygen atoms in total. The van der Waals surface area contributed by atoms with Gasteiger partial charge in [-0.3, -0.25) is 0 Å². The standard InChI is InChI=1S/C7H15NO8S/c1-17(14,15)8-7(13)6(12)5(11)4(10)3(2-9)16-7/h3-6,8-13H,2H2,1H3. The van der Waals surface area contributed by atoms with E-state index < -0.39 is 47.0 Å². The average molecular weight is 273 g/mol. The number of aliphatic hydroxyl groups excluding tert-OH is 4. The van der Waals surface area contributed by atoms with Crippen molar-refractivity contribution in [2.45, 2.75) is 30.3 Å². The van der Waals surface area contributed by atoms with Crippen molar-refractivity contribution in [3.05, 3.63) is 0 Å². The smallest absolute Gasteiger partial charge is 0.268 e. The third kappa shape index (κ3) is 3.11. The fourth-order valence-corrected chi connectivity index (χ4v) is 2.20. The highest BCUT2D eigenvalue weighted by molar-refractivity contribution is 7.88. The summed E-state index contributed by atoms with van der Waals surface area (Å²) in [6, 6.07) is 0. The maximum Gasteiger partial charge on any atom is 0.268 e. The fraction of sp³-hybridized carbons (Fsp3) is 1.00. The van der Waals surface area contributed by atoms with E-state index >= 15 is 0 Å². The molecule has 1 rings (SSSR count). The van der Waals surface area contributed by atoms with Crippen molar-refractivity contribution in [1.29, 1.82) is 0 Å². The fourth-order valence-electron chi connectivity index (χ4n) is 1.50. The summed E-state index contributed by atoms with van der Waals surface area (Å²) >= 11 is 0. The van der Waals surface area contributed by atoms with Gasteiger partial charge in [0.25, 0.3) is 5.91 Å². The molecule has 1 fully saturated rings. The van der Waals surface area contributed by atoms with Gasteiger partial charge in [-0.2, -0.15) is 4.72 Å². The summed E-state index contributed by atoms with van der Waals surface area (Å²) in [6.45, 7) is -0.779. The summed E-state index contributed by atoms with van der Waals surface area (Å²) in [4.78, 5) is 0. The second-order valence-corrected chi connectivity index (χ2v) is 5.58. The molecule has 0 aromatic rings. The van der Waals surface area contributed by atoms with Crippen molar-refractivity contribution in [2.24, 2.45) is 0 Å². The first-order valence-electron chi connectivity index (χ1n) is 4.65. The molecule has 1 aliphatic rings. The lowest BCUT2D eigenvalue weighted by atomic mass is 9.97. The molecule has 0 radical (unpaired) electrons. The number of rotatable bonds is 3. The van der Waals surface area contributed by atoms with Gasteiger partial charge in [-0.05, 0) is 0 Å². The van der Waals surface area contributed by atoms with Gasteiger partial charge in [-0.25, -0.2) is 8.42 Å². The molecule has 0 amide bonds. The molecule has 1 aliphatic heterocycles. The molecule has 0 saturated carbocycles. The van der Waals surface area contributed by atoms with Crippen LogP contribution in [-0.4, -0.2) is 77.1 Å². The van der Waals surface area contributed by atoms with E-state index in [1.54, 1.807) is 4.72 Å². The molecule has 5 atom stereocenters. The Balaban J connectivity index is 2.99. The Morgan fingerprint density at radius 2 is 1.82 bits per heavy atom. The molecular formula is C7H15NO8S. The Hall–Kier alpha value is -0.330. The Morgan fingerprint density at radius 3 is 2.24 bits per heavy atom. The summed E-state index contributed by atoms with van der Waals surface area (Å²) in [5.74, 6) is -2.81. The van der Waals surface area contributed by atoms with Crippen LogP contribution in [0.15, 0.2) is 0 Å². The molecule has 0 aromatic carbocycles. The van der Waals surface area contributed by atoms with Crippen molar-refractivity contribution >= 4 is 10.0 Å². The summed E-state index contributed by atoms with van der Waals surface area (Å²) in [6.07, 6.45) is -6.37. The quantitative estimate of drug-likeness (QED) is 0.282. The first-order valence-corrected chi connectivity index (χ1v) is 6.54. The van der Waals surface area contributed by atoms with Crippen LogP contribution >= 0.6 is 0 Å². The molecule has 1 saturated heterocycles. The van der Waals surface area contributed by atoms with Gasteiger partial charge in [0.1, 0.15) is 18.3 Å². The van der Waals surface area contributed by atoms with Crippen molar-refractivity contribution in [2.75, 3.05) is 12.9 Å². The molecule has 17 heavy (non-hydrogen) atoms. The van der Waals surface area contributed by atoms with Gasteiger partial charge in [0, 0.05) is 0 Å². The van der Waals surface area contributed by atoms with Crippen LogP contribution in [0.5, 0.6) is 0 Å². The van der Waals surface area contributed by atoms with E-state index in [-0.39, 0.29) is 0 Å². The van der Waals surface area contributed by atoms with E-state index in [1.165, 1.54) is 0 Å². The zero-order valence-electron chi connectivity index (χ0n) is 8.89. The van der Waals surface area contributed by atoms with Crippen LogP contribution in [0.4, 0.5) is 0 Å². The Labute approximate surface area is 97.3 Å². The van der Waals surface area contributed by atoms with Crippen LogP contribution in [0.25, 0.3) is 0 Å². The Morgan fingerprint density at radius 1 is 1.29 bits per heavy atom. The highest BCUT2D eigenvalue weighted by Gasteiger charge is 2.54. The second kappa shape index (κ2) is 4.74. The Bertz CT molecular complexity index is 370. The minimum atomic E-state index is -3.95. The molecule has 0 aromatic heterocycles. The summed E-state index contributed by atoms with van der Waals surface area (Å²) in [7, 11) is -3.95. The van der Waals surface area contributed by atoms with Gasteiger partial charge >= 0.3 is 0 Å². The van der Waals surface area contributed by atoms with Crippen LogP contribution in [-0.2, 0) is 14.8 Å². The molecule has 0 spiro atoms. The summed E-state index contributed by atoms with van der Waals surface area (Å²) in [5, 5.41) is 46.7. The van der Waals surface area contributed by atoms with Crippen LogP contribution in [0, 0.1) is 0 Å². The number of ether oxygens (including phenoxy) is 1. The number of hydrogen-bond donors (Lipinski definition) is 6. The van der Waals surface area contributed by atoms with Crippen LogP contribution in [0.3, 0.4) is 0 Å². The molecule has 10 heteroatoms. The summed E-state index contributed by atoms with van der Waals surface area (Å²) in [5.41, 5.74) is 0. The first-order chi connectivity index (χ1) is 7.60. The maximum absolute atomic E-state index is 11.0. The molecule has 5 unspecified atom stereocenters. The van der Waals surface area contributed by atoms with Gasteiger partial charge < -0.3 is 30.3 Å². The predicted octanol–water partition coefficient (Wildman–Crippen LogP) is -4.34. The number of hydrogen-bond acceptors (Lipinski definition) is 8. The predicted molar refractivity (Wildman–Crippen MR) is 52.9 cm³/mol. The van der Waals surface area contributed by atoms with Crippen LogP contribution in [0.1, 0.15) is 0 Å². The van der Waals surface area contributed by atoms with E-state index in [4.69, 9.17) is 5.11 Å². The molecule has 1 heterocycles. The van der Waals surface area contributed by atoms with E-state index in [0.717, 1.165) is 0 Å². The van der Waals surface area contributed by atoms with Crippen LogP contribution < -0.4 is 4.72 Å². The molecule has 0 bridgehead atoms. The van der Waals surface area contributed by atoms with Crippen molar-refractivity contribution < 1.29 is 38.7 Å². The van der Waals surface area contributed by atoms with E-state index in [1.807, 2.05) is 0 Å². The van der Waals surface area contributed by atoms with Gasteiger partial charge in [0.05, 0.1) is 12.9 Å². The lowest BCUT2D eigenvalue weighted by Crippen LogP contribution is -2.71. The lowest BCUT2D eigenvalue weighted by molar-refractivity contribution is -0.353. The van der Waals surface area contributed by atoms with Gasteiger partial charge in [-0.1, -0.05) is 0 Å². The van der Waals surface area contributed by atoms with E-state index in [9.17, 15) is 28.8 Å². The first kappa shape index (κ1) is 14.7. The average Bonchev–Trinajstić information content (AvgIpc) is 2.18. The molecule has 6 N–H and O–H groups in total. The second-order valence-electron chi connectivity index (χ2n) is 3.84. The third-order valence-electron chi connectivity index (χ3n) is 2.30. The number of sulfonamides is 1. The maximum atomic E-state index is 11.0. The van der Waals surface area contributed by atoms with Crippen molar-refractivity contribution in [3.63, 3.8) is 0 Å². The summed E-state index contributed by atoms with van der Waals surface area (Å²) < 4.78 is 28.2. The van der Waals surface area contributed by atoms with Crippen molar-refractivity contribution in [3.8, 4) is 0 Å². The zero-order valence-corrected chi connectivity index (χ0v) is 9.70. The van der Waals surface area contributed by atoms with Crippen molar-refractivity contribution in [1.82, 2.24) is 4.72 Å². The lowest BCUT2D eigenvalue weighted by Gasteiger charge is -2.44.